The van der Waals surface area contributed by atoms with Gasteiger partial charge in [0.1, 0.15) is 11.5 Å². The monoisotopic (exact) mass is 367 g/mol. The van der Waals surface area contributed by atoms with Crippen molar-refractivity contribution in [2.75, 3.05) is 5.73 Å². The van der Waals surface area contributed by atoms with Crippen LogP contribution in [0.15, 0.2) is 40.9 Å². The molecule has 106 valence electrons. The topological polar surface area (TPSA) is 69.6 Å². The zero-order chi connectivity index (χ0) is 15.0. The normalized spacial score (nSPS) is 10.8. The zero-order valence-electron chi connectivity index (χ0n) is 10.5. The van der Waals surface area contributed by atoms with Crippen LogP contribution in [0.25, 0.3) is 17.1 Å². The summed E-state index contributed by atoms with van der Waals surface area (Å²) in [5, 5.41) is 11.8. The largest absolute Gasteiger partial charge is 0.399 e. The van der Waals surface area contributed by atoms with Gasteiger partial charge in [-0.2, -0.15) is 4.68 Å². The Morgan fingerprint density at radius 2 is 2.00 bits per heavy atom. The highest BCUT2D eigenvalue weighted by atomic mass is 79.9. The molecule has 3 rings (SSSR count). The van der Waals surface area contributed by atoms with Crippen molar-refractivity contribution in [1.29, 1.82) is 0 Å². The number of tetrazole rings is 1. The molecule has 0 amide bonds. The van der Waals surface area contributed by atoms with E-state index in [1.165, 1.54) is 22.9 Å². The first kappa shape index (κ1) is 14.0. The van der Waals surface area contributed by atoms with Crippen LogP contribution in [-0.4, -0.2) is 20.2 Å². The first-order chi connectivity index (χ1) is 10.1. The van der Waals surface area contributed by atoms with Gasteiger partial charge in [0.2, 0.25) is 0 Å². The summed E-state index contributed by atoms with van der Waals surface area (Å²) in [6, 6.07) is 9.39. The fourth-order valence-electron chi connectivity index (χ4n) is 1.88. The second-order valence-electron chi connectivity index (χ2n) is 4.25. The molecule has 0 aliphatic heterocycles. The van der Waals surface area contributed by atoms with Gasteiger partial charge in [-0.15, -0.1) is 5.10 Å². The summed E-state index contributed by atoms with van der Waals surface area (Å²) in [5.41, 5.74) is 7.15. The molecular weight excluding hydrogens is 361 g/mol. The molecule has 0 bridgehead atoms. The quantitative estimate of drug-likeness (QED) is 0.703. The summed E-state index contributed by atoms with van der Waals surface area (Å²) in [6.45, 7) is 0. The van der Waals surface area contributed by atoms with Crippen molar-refractivity contribution in [2.24, 2.45) is 0 Å². The van der Waals surface area contributed by atoms with Crippen molar-refractivity contribution in [3.05, 3.63) is 51.7 Å². The van der Waals surface area contributed by atoms with E-state index in [4.69, 9.17) is 17.3 Å². The van der Waals surface area contributed by atoms with Crippen molar-refractivity contribution in [3.63, 3.8) is 0 Å². The van der Waals surface area contributed by atoms with E-state index in [1.54, 1.807) is 18.2 Å². The Hall–Kier alpha value is -1.99. The summed E-state index contributed by atoms with van der Waals surface area (Å²) in [5.74, 6) is -0.122. The minimum absolute atomic E-state index is 0.164. The number of aromatic nitrogens is 4. The summed E-state index contributed by atoms with van der Waals surface area (Å²) < 4.78 is 16.0. The van der Waals surface area contributed by atoms with Gasteiger partial charge in [-0.05, 0) is 46.8 Å². The number of nitrogen functional groups attached to an aromatic ring is 1. The van der Waals surface area contributed by atoms with Gasteiger partial charge in [0.05, 0.1) is 0 Å². The molecule has 5 nitrogen and oxygen atoms in total. The Morgan fingerprint density at radius 1 is 1.19 bits per heavy atom. The molecule has 3 aromatic rings. The minimum Gasteiger partial charge on any atom is -0.399 e. The van der Waals surface area contributed by atoms with Crippen LogP contribution in [0, 0.1) is 5.82 Å². The maximum absolute atomic E-state index is 14.0. The molecule has 0 radical (unpaired) electrons. The van der Waals surface area contributed by atoms with E-state index in [0.717, 1.165) is 4.47 Å². The van der Waals surface area contributed by atoms with Crippen molar-refractivity contribution < 1.29 is 4.39 Å². The molecule has 2 N–H and O–H groups in total. The Labute approximate surface area is 132 Å². The Morgan fingerprint density at radius 3 is 2.81 bits per heavy atom. The lowest BCUT2D eigenvalue weighted by Crippen LogP contribution is -2.03. The van der Waals surface area contributed by atoms with Crippen molar-refractivity contribution in [3.8, 4) is 17.1 Å². The molecular formula is C13H8BrClFN5. The van der Waals surface area contributed by atoms with Crippen molar-refractivity contribution in [1.82, 2.24) is 20.2 Å². The average Bonchev–Trinajstić information content (AvgIpc) is 2.93. The summed E-state index contributed by atoms with van der Waals surface area (Å²) in [7, 11) is 0. The Kier molecular flexibility index (Phi) is 3.60. The van der Waals surface area contributed by atoms with Crippen LogP contribution < -0.4 is 5.73 Å². The van der Waals surface area contributed by atoms with Crippen LogP contribution in [0.3, 0.4) is 0 Å². The molecule has 0 unspecified atom stereocenters. The molecule has 0 spiro atoms. The number of hydrogen-bond acceptors (Lipinski definition) is 4. The number of nitrogens with two attached hydrogens (primary N) is 1. The summed E-state index contributed by atoms with van der Waals surface area (Å²) >= 11 is 9.32. The lowest BCUT2D eigenvalue weighted by atomic mass is 10.2. The highest BCUT2D eigenvalue weighted by Gasteiger charge is 2.17. The molecule has 0 fully saturated rings. The highest BCUT2D eigenvalue weighted by Crippen LogP contribution is 2.30. The number of rotatable bonds is 2. The molecule has 21 heavy (non-hydrogen) atoms. The number of benzene rings is 2. The number of nitrogens with zero attached hydrogens (tertiary/aromatic N) is 4. The zero-order valence-corrected chi connectivity index (χ0v) is 12.8. The van der Waals surface area contributed by atoms with Gasteiger partial charge in [-0.3, -0.25) is 0 Å². The van der Waals surface area contributed by atoms with Gasteiger partial charge in [0.15, 0.2) is 5.82 Å². The predicted octanol–water partition coefficient (Wildman–Crippen LogP) is 3.47. The smallest absolute Gasteiger partial charge is 0.188 e. The van der Waals surface area contributed by atoms with E-state index in [1.807, 2.05) is 0 Å². The average molecular weight is 369 g/mol. The van der Waals surface area contributed by atoms with Gasteiger partial charge in [0, 0.05) is 20.7 Å². The first-order valence-electron chi connectivity index (χ1n) is 5.85. The molecule has 2 aromatic carbocycles. The molecule has 1 aromatic heterocycles. The van der Waals surface area contributed by atoms with Gasteiger partial charge in [0.25, 0.3) is 0 Å². The van der Waals surface area contributed by atoms with Crippen LogP contribution in [0.4, 0.5) is 10.1 Å². The van der Waals surface area contributed by atoms with Crippen LogP contribution >= 0.6 is 27.5 Å². The van der Waals surface area contributed by atoms with E-state index in [-0.39, 0.29) is 5.69 Å². The third kappa shape index (κ3) is 2.62. The maximum Gasteiger partial charge on any atom is 0.188 e. The van der Waals surface area contributed by atoms with Crippen molar-refractivity contribution >= 4 is 33.2 Å². The van der Waals surface area contributed by atoms with E-state index in [2.05, 4.69) is 31.5 Å². The second kappa shape index (κ2) is 5.42. The SMILES string of the molecule is Nc1ccc(Br)c(-c2nnnn2-c2cc(Cl)ccc2F)c1. The first-order valence-corrected chi connectivity index (χ1v) is 7.02. The minimum atomic E-state index is -0.479. The van der Waals surface area contributed by atoms with Crippen LogP contribution in [0.1, 0.15) is 0 Å². The van der Waals surface area contributed by atoms with Crippen LogP contribution in [-0.2, 0) is 0 Å². The molecule has 1 heterocycles. The van der Waals surface area contributed by atoms with Gasteiger partial charge < -0.3 is 5.73 Å². The molecule has 8 heteroatoms. The van der Waals surface area contributed by atoms with Gasteiger partial charge in [-0.25, -0.2) is 4.39 Å². The summed E-state index contributed by atoms with van der Waals surface area (Å²) in [6.07, 6.45) is 0. The predicted molar refractivity (Wildman–Crippen MR) is 81.7 cm³/mol. The van der Waals surface area contributed by atoms with Crippen molar-refractivity contribution in [2.45, 2.75) is 0 Å². The Balaban J connectivity index is 2.22. The van der Waals surface area contributed by atoms with Gasteiger partial charge in [-0.1, -0.05) is 27.5 Å². The van der Waals surface area contributed by atoms with Crippen LogP contribution in [0.5, 0.6) is 0 Å². The Bertz CT molecular complexity index is 754. The fraction of sp³-hybridized carbons (Fsp3) is 0. The standard InChI is InChI=1S/C13H8BrClFN5/c14-10-3-2-8(17)6-9(10)13-18-19-20-21(13)12-5-7(15)1-4-11(12)16/h1-6H,17H2. The third-order valence-electron chi connectivity index (χ3n) is 2.84. The maximum atomic E-state index is 14.0. The molecule has 0 atom stereocenters. The molecule has 0 saturated heterocycles. The number of halogens is 3. The number of anilines is 1. The molecule has 0 aliphatic rings. The van der Waals surface area contributed by atoms with E-state index < -0.39 is 5.82 Å². The summed E-state index contributed by atoms with van der Waals surface area (Å²) in [4.78, 5) is 0. The van der Waals surface area contributed by atoms with Crippen LogP contribution in [0.2, 0.25) is 5.02 Å². The van der Waals surface area contributed by atoms with E-state index in [9.17, 15) is 4.39 Å². The third-order valence-corrected chi connectivity index (χ3v) is 3.76. The second-order valence-corrected chi connectivity index (χ2v) is 5.54. The van der Waals surface area contributed by atoms with E-state index >= 15 is 0 Å². The number of hydrogen-bond donors (Lipinski definition) is 1. The van der Waals surface area contributed by atoms with E-state index in [0.29, 0.717) is 22.1 Å². The molecule has 0 saturated carbocycles. The lowest BCUT2D eigenvalue weighted by molar-refractivity contribution is 0.608. The molecule has 0 aliphatic carbocycles. The highest BCUT2D eigenvalue weighted by molar-refractivity contribution is 9.10. The van der Waals surface area contributed by atoms with Gasteiger partial charge >= 0.3 is 0 Å². The lowest BCUT2D eigenvalue weighted by Gasteiger charge is -2.08. The fourth-order valence-corrected chi connectivity index (χ4v) is 2.47.